The highest BCUT2D eigenvalue weighted by Crippen LogP contribution is 2.23. The zero-order valence-corrected chi connectivity index (χ0v) is 10.1. The summed E-state index contributed by atoms with van der Waals surface area (Å²) in [5.74, 6) is 0.999. The molecule has 2 N–H and O–H groups in total. The number of carbonyl (C=O) groups excluding carboxylic acids is 1. The van der Waals surface area contributed by atoms with Crippen molar-refractivity contribution in [3.8, 4) is 0 Å². The lowest BCUT2D eigenvalue weighted by atomic mass is 9.87. The topological polar surface area (TPSA) is 41.1 Å². The summed E-state index contributed by atoms with van der Waals surface area (Å²) in [6, 6.07) is 0.542. The fraction of sp³-hybridized carbons (Fsp3) is 0.909. The van der Waals surface area contributed by atoms with Gasteiger partial charge < -0.3 is 10.6 Å². The Hall–Kier alpha value is -0.280. The monoisotopic (exact) mass is 232 g/mol. The second-order valence-electron chi connectivity index (χ2n) is 4.77. The Morgan fingerprint density at radius 3 is 2.60 bits per heavy atom. The average Bonchev–Trinajstić information content (AvgIpc) is 1.99. The average molecular weight is 233 g/mol. The maximum atomic E-state index is 11.6. The Morgan fingerprint density at radius 2 is 2.07 bits per heavy atom. The van der Waals surface area contributed by atoms with Gasteiger partial charge in [0.05, 0.1) is 6.04 Å². The molecule has 0 aromatic heterocycles. The van der Waals surface area contributed by atoms with Crippen LogP contribution in [0.15, 0.2) is 0 Å². The first-order valence-electron chi connectivity index (χ1n) is 5.79. The van der Waals surface area contributed by atoms with Crippen LogP contribution in [-0.2, 0) is 4.79 Å². The molecule has 1 amide bonds. The molecule has 1 heterocycles. The van der Waals surface area contributed by atoms with Gasteiger partial charge in [0.2, 0.25) is 5.91 Å². The van der Waals surface area contributed by atoms with E-state index in [4.69, 9.17) is 0 Å². The van der Waals surface area contributed by atoms with E-state index in [0.717, 1.165) is 18.9 Å². The summed E-state index contributed by atoms with van der Waals surface area (Å²) in [7, 11) is 0. The molecule has 2 unspecified atom stereocenters. The van der Waals surface area contributed by atoms with Crippen molar-refractivity contribution in [2.75, 3.05) is 6.54 Å². The van der Waals surface area contributed by atoms with Crippen molar-refractivity contribution in [2.24, 2.45) is 5.92 Å². The van der Waals surface area contributed by atoms with Crippen molar-refractivity contribution in [3.63, 3.8) is 0 Å². The van der Waals surface area contributed by atoms with Crippen LogP contribution in [0.2, 0.25) is 0 Å². The van der Waals surface area contributed by atoms with Gasteiger partial charge in [-0.1, -0.05) is 19.8 Å². The molecule has 2 aliphatic rings. The zero-order valence-electron chi connectivity index (χ0n) is 9.29. The number of carbonyl (C=O) groups is 1. The summed E-state index contributed by atoms with van der Waals surface area (Å²) in [5, 5.41) is 6.28. The first kappa shape index (κ1) is 12.8. The molecule has 3 nitrogen and oxygen atoms in total. The van der Waals surface area contributed by atoms with Crippen molar-refractivity contribution >= 4 is 18.3 Å². The van der Waals surface area contributed by atoms with Crippen LogP contribution in [0.4, 0.5) is 0 Å². The second-order valence-corrected chi connectivity index (χ2v) is 4.77. The first-order valence-corrected chi connectivity index (χ1v) is 5.79. The molecule has 15 heavy (non-hydrogen) atoms. The van der Waals surface area contributed by atoms with E-state index in [-0.39, 0.29) is 24.4 Å². The fourth-order valence-electron chi connectivity index (χ4n) is 2.38. The number of amides is 1. The van der Waals surface area contributed by atoms with E-state index in [0.29, 0.717) is 6.04 Å². The molecule has 1 saturated carbocycles. The number of halogens is 1. The maximum absolute atomic E-state index is 11.6. The molecule has 0 radical (unpaired) electrons. The van der Waals surface area contributed by atoms with Gasteiger partial charge in [-0.15, -0.1) is 12.4 Å². The van der Waals surface area contributed by atoms with Gasteiger partial charge in [0.15, 0.2) is 0 Å². The highest BCUT2D eigenvalue weighted by molar-refractivity contribution is 5.85. The summed E-state index contributed by atoms with van der Waals surface area (Å²) in [5.41, 5.74) is 0. The molecular formula is C11H21ClN2O. The lowest BCUT2D eigenvalue weighted by Crippen LogP contribution is -2.55. The molecule has 0 bridgehead atoms. The minimum atomic E-state index is 0. The molecule has 2 fully saturated rings. The van der Waals surface area contributed by atoms with E-state index in [1.165, 1.54) is 25.7 Å². The number of nitrogens with one attached hydrogen (secondary N) is 2. The normalized spacial score (nSPS) is 34.9. The molecule has 3 atom stereocenters. The summed E-state index contributed by atoms with van der Waals surface area (Å²) < 4.78 is 0. The van der Waals surface area contributed by atoms with Crippen LogP contribution in [0.5, 0.6) is 0 Å². The maximum Gasteiger partial charge on any atom is 0.237 e. The highest BCUT2D eigenvalue weighted by atomic mass is 35.5. The van der Waals surface area contributed by atoms with Crippen molar-refractivity contribution in [1.82, 2.24) is 10.6 Å². The number of hydrogen-bond donors (Lipinski definition) is 2. The standard InChI is InChI=1S/C11H20N2O.ClH/c1-8-3-2-4-9(7-8)13-11(14)10-5-6-12-10;/h8-10,12H,2-7H2,1H3,(H,13,14);1H/t8?,9?,10-;/m1./s1. The van der Waals surface area contributed by atoms with Crippen LogP contribution >= 0.6 is 12.4 Å². The van der Waals surface area contributed by atoms with Crippen LogP contribution in [0.1, 0.15) is 39.0 Å². The van der Waals surface area contributed by atoms with Crippen LogP contribution in [0.3, 0.4) is 0 Å². The minimum absolute atomic E-state index is 0. The predicted molar refractivity (Wildman–Crippen MR) is 63.2 cm³/mol. The largest absolute Gasteiger partial charge is 0.352 e. The Bertz CT molecular complexity index is 219. The molecule has 1 aliphatic carbocycles. The third-order valence-electron chi connectivity index (χ3n) is 3.42. The Labute approximate surface area is 97.8 Å². The molecular weight excluding hydrogens is 212 g/mol. The zero-order chi connectivity index (χ0) is 9.97. The lowest BCUT2D eigenvalue weighted by molar-refractivity contribution is -0.125. The lowest BCUT2D eigenvalue weighted by Gasteiger charge is -2.32. The van der Waals surface area contributed by atoms with Gasteiger partial charge in [0, 0.05) is 6.04 Å². The van der Waals surface area contributed by atoms with Crippen LogP contribution in [-0.4, -0.2) is 24.5 Å². The quantitative estimate of drug-likeness (QED) is 0.757. The van der Waals surface area contributed by atoms with E-state index >= 15 is 0 Å². The van der Waals surface area contributed by atoms with E-state index in [9.17, 15) is 4.79 Å². The Balaban J connectivity index is 0.00000112. The summed E-state index contributed by atoms with van der Waals surface area (Å²) >= 11 is 0. The highest BCUT2D eigenvalue weighted by Gasteiger charge is 2.27. The van der Waals surface area contributed by atoms with Crippen molar-refractivity contribution < 1.29 is 4.79 Å². The molecule has 4 heteroatoms. The van der Waals surface area contributed by atoms with Crippen molar-refractivity contribution in [2.45, 2.75) is 51.1 Å². The summed E-state index contributed by atoms with van der Waals surface area (Å²) in [6.45, 7) is 3.28. The molecule has 2 rings (SSSR count). The van der Waals surface area contributed by atoms with Gasteiger partial charge >= 0.3 is 0 Å². The third kappa shape index (κ3) is 3.35. The van der Waals surface area contributed by atoms with Gasteiger partial charge in [0.1, 0.15) is 0 Å². The number of hydrogen-bond acceptors (Lipinski definition) is 2. The summed E-state index contributed by atoms with van der Waals surface area (Å²) in [4.78, 5) is 11.6. The van der Waals surface area contributed by atoms with Gasteiger partial charge in [0.25, 0.3) is 0 Å². The van der Waals surface area contributed by atoms with Crippen LogP contribution in [0.25, 0.3) is 0 Å². The Kier molecular flexibility index (Phi) is 4.87. The molecule has 0 spiro atoms. The van der Waals surface area contributed by atoms with Crippen LogP contribution in [0, 0.1) is 5.92 Å². The predicted octanol–water partition coefficient (Wildman–Crippen LogP) is 1.46. The van der Waals surface area contributed by atoms with E-state index in [1.54, 1.807) is 0 Å². The fourth-order valence-corrected chi connectivity index (χ4v) is 2.38. The van der Waals surface area contributed by atoms with Gasteiger partial charge in [-0.3, -0.25) is 4.79 Å². The van der Waals surface area contributed by atoms with Crippen LogP contribution < -0.4 is 10.6 Å². The Morgan fingerprint density at radius 1 is 1.33 bits per heavy atom. The van der Waals surface area contributed by atoms with Crippen molar-refractivity contribution in [1.29, 1.82) is 0 Å². The SMILES string of the molecule is CC1CCCC(NC(=O)[C@H]2CCN2)C1.Cl. The molecule has 0 aromatic carbocycles. The van der Waals surface area contributed by atoms with E-state index in [2.05, 4.69) is 17.6 Å². The third-order valence-corrected chi connectivity index (χ3v) is 3.42. The van der Waals surface area contributed by atoms with Gasteiger partial charge in [-0.25, -0.2) is 0 Å². The number of rotatable bonds is 2. The van der Waals surface area contributed by atoms with Gasteiger partial charge in [-0.2, -0.15) is 0 Å². The van der Waals surface area contributed by atoms with E-state index in [1.807, 2.05) is 0 Å². The van der Waals surface area contributed by atoms with Gasteiger partial charge in [-0.05, 0) is 31.7 Å². The second kappa shape index (κ2) is 5.71. The van der Waals surface area contributed by atoms with Crippen molar-refractivity contribution in [3.05, 3.63) is 0 Å². The smallest absolute Gasteiger partial charge is 0.237 e. The molecule has 1 saturated heterocycles. The summed E-state index contributed by atoms with van der Waals surface area (Å²) in [6.07, 6.45) is 5.94. The first-order chi connectivity index (χ1) is 6.75. The molecule has 1 aliphatic heterocycles. The van der Waals surface area contributed by atoms with E-state index < -0.39 is 0 Å². The minimum Gasteiger partial charge on any atom is -0.352 e. The molecule has 0 aromatic rings. The molecule has 88 valence electrons.